The highest BCUT2D eigenvalue weighted by atomic mass is 79.9. The topological polar surface area (TPSA) is 46.0 Å². The van der Waals surface area contributed by atoms with Crippen LogP contribution < -0.4 is 5.76 Å². The standard InChI is InChI=1S/C16H14BrNO2/c1-2-10-3-5-11(6-4-10)15(17)12-7-8-13-14(9-12)20-16(19)18-13/h3-9,15H,2H2,1H3,(H,18,19). The number of hydrogen-bond donors (Lipinski definition) is 1. The lowest BCUT2D eigenvalue weighted by Gasteiger charge is -2.11. The largest absolute Gasteiger partial charge is 0.417 e. The normalized spacial score (nSPS) is 12.7. The molecule has 1 N–H and O–H groups in total. The van der Waals surface area contributed by atoms with E-state index in [1.165, 1.54) is 11.1 Å². The molecule has 0 bridgehead atoms. The van der Waals surface area contributed by atoms with Gasteiger partial charge in [0.15, 0.2) is 5.58 Å². The molecule has 1 heterocycles. The summed E-state index contributed by atoms with van der Waals surface area (Å²) in [5.74, 6) is -0.421. The van der Waals surface area contributed by atoms with E-state index in [4.69, 9.17) is 4.42 Å². The molecule has 0 aliphatic carbocycles. The molecular formula is C16H14BrNO2. The van der Waals surface area contributed by atoms with Crippen LogP contribution in [0.1, 0.15) is 28.4 Å². The van der Waals surface area contributed by atoms with E-state index in [1.54, 1.807) is 0 Å². The van der Waals surface area contributed by atoms with E-state index < -0.39 is 5.76 Å². The van der Waals surface area contributed by atoms with E-state index in [9.17, 15) is 4.79 Å². The van der Waals surface area contributed by atoms with Crippen molar-refractivity contribution in [1.82, 2.24) is 4.98 Å². The van der Waals surface area contributed by atoms with Crippen molar-refractivity contribution in [2.24, 2.45) is 0 Å². The Labute approximate surface area is 124 Å². The minimum atomic E-state index is -0.421. The predicted octanol–water partition coefficient (Wildman–Crippen LogP) is 4.17. The summed E-state index contributed by atoms with van der Waals surface area (Å²) in [5, 5.41) is 0. The maximum absolute atomic E-state index is 11.2. The van der Waals surface area contributed by atoms with E-state index in [0.29, 0.717) is 5.58 Å². The zero-order chi connectivity index (χ0) is 14.1. The van der Waals surface area contributed by atoms with Gasteiger partial charge in [-0.25, -0.2) is 4.79 Å². The Bertz CT molecular complexity index is 786. The molecule has 0 aliphatic heterocycles. The average Bonchev–Trinajstić information content (AvgIpc) is 2.85. The van der Waals surface area contributed by atoms with Crippen molar-refractivity contribution in [3.8, 4) is 0 Å². The first-order chi connectivity index (χ1) is 9.67. The summed E-state index contributed by atoms with van der Waals surface area (Å²) >= 11 is 3.70. The van der Waals surface area contributed by atoms with Crippen molar-refractivity contribution in [2.75, 3.05) is 0 Å². The maximum Gasteiger partial charge on any atom is 0.417 e. The number of halogens is 1. The molecular weight excluding hydrogens is 318 g/mol. The van der Waals surface area contributed by atoms with Gasteiger partial charge in [0.05, 0.1) is 10.3 Å². The average molecular weight is 332 g/mol. The second-order valence-electron chi connectivity index (χ2n) is 4.73. The molecule has 0 spiro atoms. The van der Waals surface area contributed by atoms with Crippen LogP contribution in [0.2, 0.25) is 0 Å². The summed E-state index contributed by atoms with van der Waals surface area (Å²) in [6, 6.07) is 14.3. The molecule has 0 aliphatic rings. The van der Waals surface area contributed by atoms with Crippen LogP contribution in [-0.2, 0) is 6.42 Å². The van der Waals surface area contributed by atoms with Crippen LogP contribution in [-0.4, -0.2) is 4.98 Å². The van der Waals surface area contributed by atoms with Crippen LogP contribution >= 0.6 is 15.9 Å². The van der Waals surface area contributed by atoms with Crippen molar-refractivity contribution >= 4 is 27.0 Å². The minimum absolute atomic E-state index is 0.0815. The number of fused-ring (bicyclic) bond motifs is 1. The van der Waals surface area contributed by atoms with Crippen molar-refractivity contribution < 1.29 is 4.42 Å². The minimum Gasteiger partial charge on any atom is -0.408 e. The van der Waals surface area contributed by atoms with E-state index in [0.717, 1.165) is 17.5 Å². The van der Waals surface area contributed by atoms with Crippen LogP contribution in [0.5, 0.6) is 0 Å². The second-order valence-corrected chi connectivity index (χ2v) is 5.64. The Hall–Kier alpha value is -1.81. The fourth-order valence-electron chi connectivity index (χ4n) is 2.23. The number of hydrogen-bond acceptors (Lipinski definition) is 2. The molecule has 3 rings (SSSR count). The molecule has 0 saturated heterocycles. The Morgan fingerprint density at radius 1 is 1.15 bits per heavy atom. The van der Waals surface area contributed by atoms with Crippen LogP contribution in [0.25, 0.3) is 11.1 Å². The van der Waals surface area contributed by atoms with Gasteiger partial charge in [0.2, 0.25) is 0 Å². The number of benzene rings is 2. The molecule has 3 aromatic rings. The van der Waals surface area contributed by atoms with Gasteiger partial charge in [-0.1, -0.05) is 53.2 Å². The zero-order valence-electron chi connectivity index (χ0n) is 11.0. The lowest BCUT2D eigenvalue weighted by atomic mass is 10.0. The van der Waals surface area contributed by atoms with Gasteiger partial charge in [0.1, 0.15) is 0 Å². The van der Waals surface area contributed by atoms with Crippen LogP contribution in [0, 0.1) is 0 Å². The molecule has 1 aromatic heterocycles. The van der Waals surface area contributed by atoms with Gasteiger partial charge in [-0.05, 0) is 35.2 Å². The van der Waals surface area contributed by atoms with E-state index in [1.807, 2.05) is 18.2 Å². The van der Waals surface area contributed by atoms with E-state index >= 15 is 0 Å². The lowest BCUT2D eigenvalue weighted by molar-refractivity contribution is 0.555. The molecule has 0 fully saturated rings. The number of alkyl halides is 1. The van der Waals surface area contributed by atoms with Gasteiger partial charge in [-0.3, -0.25) is 4.98 Å². The van der Waals surface area contributed by atoms with Gasteiger partial charge in [-0.15, -0.1) is 0 Å². The fraction of sp³-hybridized carbons (Fsp3) is 0.188. The highest BCUT2D eigenvalue weighted by Crippen LogP contribution is 2.32. The third kappa shape index (κ3) is 2.43. The predicted molar refractivity (Wildman–Crippen MR) is 83.4 cm³/mol. The highest BCUT2D eigenvalue weighted by molar-refractivity contribution is 9.09. The Balaban J connectivity index is 1.97. The van der Waals surface area contributed by atoms with Crippen LogP contribution in [0.3, 0.4) is 0 Å². The number of rotatable bonds is 3. The molecule has 1 atom stereocenters. The third-order valence-corrected chi connectivity index (χ3v) is 4.48. The SMILES string of the molecule is CCc1ccc(C(Br)c2ccc3[nH]c(=O)oc3c2)cc1. The number of aromatic amines is 1. The molecule has 0 saturated carbocycles. The van der Waals surface area contributed by atoms with E-state index in [-0.39, 0.29) is 4.83 Å². The van der Waals surface area contributed by atoms with E-state index in [2.05, 4.69) is 52.1 Å². The summed E-state index contributed by atoms with van der Waals surface area (Å²) in [6.45, 7) is 2.14. The number of aryl methyl sites for hydroxylation is 1. The Morgan fingerprint density at radius 2 is 1.85 bits per heavy atom. The molecule has 102 valence electrons. The summed E-state index contributed by atoms with van der Waals surface area (Å²) in [7, 11) is 0. The monoisotopic (exact) mass is 331 g/mol. The molecule has 0 amide bonds. The van der Waals surface area contributed by atoms with Crippen molar-refractivity contribution in [3.63, 3.8) is 0 Å². The zero-order valence-corrected chi connectivity index (χ0v) is 12.6. The van der Waals surface area contributed by atoms with Crippen molar-refractivity contribution in [1.29, 1.82) is 0 Å². The van der Waals surface area contributed by atoms with Gasteiger partial charge in [-0.2, -0.15) is 0 Å². The van der Waals surface area contributed by atoms with Crippen LogP contribution in [0.15, 0.2) is 51.7 Å². The molecule has 1 unspecified atom stereocenters. The molecule has 4 heteroatoms. The van der Waals surface area contributed by atoms with Gasteiger partial charge < -0.3 is 4.42 Å². The summed E-state index contributed by atoms with van der Waals surface area (Å²) in [4.78, 5) is 13.9. The summed E-state index contributed by atoms with van der Waals surface area (Å²) in [5.41, 5.74) is 4.87. The number of oxazole rings is 1. The first-order valence-corrected chi connectivity index (χ1v) is 7.44. The van der Waals surface area contributed by atoms with Gasteiger partial charge in [0.25, 0.3) is 0 Å². The van der Waals surface area contributed by atoms with Crippen molar-refractivity contribution in [3.05, 3.63) is 69.7 Å². The maximum atomic E-state index is 11.2. The Kier molecular flexibility index (Phi) is 3.49. The quantitative estimate of drug-likeness (QED) is 0.732. The smallest absolute Gasteiger partial charge is 0.408 e. The molecule has 20 heavy (non-hydrogen) atoms. The lowest BCUT2D eigenvalue weighted by Crippen LogP contribution is -1.93. The third-order valence-electron chi connectivity index (χ3n) is 3.42. The molecule has 3 nitrogen and oxygen atoms in total. The fourth-order valence-corrected chi connectivity index (χ4v) is 2.82. The van der Waals surface area contributed by atoms with Gasteiger partial charge in [0, 0.05) is 0 Å². The van der Waals surface area contributed by atoms with Crippen molar-refractivity contribution in [2.45, 2.75) is 18.2 Å². The second kappa shape index (κ2) is 5.29. The highest BCUT2D eigenvalue weighted by Gasteiger charge is 2.12. The summed E-state index contributed by atoms with van der Waals surface area (Å²) < 4.78 is 5.10. The van der Waals surface area contributed by atoms with Gasteiger partial charge >= 0.3 is 5.76 Å². The number of aromatic nitrogens is 1. The van der Waals surface area contributed by atoms with Crippen LogP contribution in [0.4, 0.5) is 0 Å². The number of nitrogens with one attached hydrogen (secondary N) is 1. The first-order valence-electron chi connectivity index (χ1n) is 6.53. The number of H-pyrrole nitrogens is 1. The summed E-state index contributed by atoms with van der Waals surface area (Å²) in [6.07, 6.45) is 1.04. The molecule has 0 radical (unpaired) electrons. The Morgan fingerprint density at radius 3 is 2.55 bits per heavy atom. The molecule has 2 aromatic carbocycles. The first kappa shape index (κ1) is 13.2.